The zero-order chi connectivity index (χ0) is 15.4. The number of carbonyl (C=O) groups excluding carboxylic acids is 1. The zero-order valence-electron chi connectivity index (χ0n) is 12.4. The van der Waals surface area contributed by atoms with Gasteiger partial charge in [0.05, 0.1) is 19.2 Å². The molecule has 0 aromatic carbocycles. The summed E-state index contributed by atoms with van der Waals surface area (Å²) in [4.78, 5) is 16.2. The van der Waals surface area contributed by atoms with E-state index in [-0.39, 0.29) is 12.3 Å². The predicted octanol–water partition coefficient (Wildman–Crippen LogP) is 3.23. The number of methoxy groups -OCH3 is 1. The van der Waals surface area contributed by atoms with Gasteiger partial charge in [0.25, 0.3) is 5.19 Å². The second-order valence-corrected chi connectivity index (χ2v) is 7.14. The number of nitrogens with one attached hydrogen (secondary N) is 1. The molecule has 1 aliphatic rings. The molecule has 2 aromatic heterocycles. The predicted molar refractivity (Wildman–Crippen MR) is 86.7 cm³/mol. The first-order chi connectivity index (χ1) is 10.7. The first kappa shape index (κ1) is 15.4. The van der Waals surface area contributed by atoms with Crippen LogP contribution in [0.25, 0.3) is 0 Å². The largest absolute Gasteiger partial charge is 0.473 e. The van der Waals surface area contributed by atoms with Crippen molar-refractivity contribution in [1.29, 1.82) is 0 Å². The Kier molecular flexibility index (Phi) is 4.99. The molecule has 8 heteroatoms. The maximum atomic E-state index is 12.0. The fourth-order valence-electron chi connectivity index (χ4n) is 2.59. The quantitative estimate of drug-likeness (QED) is 0.905. The molecule has 1 amide bonds. The Balaban J connectivity index is 1.56. The van der Waals surface area contributed by atoms with Crippen molar-refractivity contribution < 1.29 is 9.53 Å². The Labute approximate surface area is 137 Å². The lowest BCUT2D eigenvalue weighted by Crippen LogP contribution is -2.14. The van der Waals surface area contributed by atoms with E-state index in [0.29, 0.717) is 21.9 Å². The summed E-state index contributed by atoms with van der Waals surface area (Å²) in [6, 6.07) is 0. The van der Waals surface area contributed by atoms with E-state index >= 15 is 0 Å². The van der Waals surface area contributed by atoms with Crippen LogP contribution >= 0.6 is 22.7 Å². The maximum Gasteiger partial charge on any atom is 0.273 e. The second-order valence-electron chi connectivity index (χ2n) is 5.31. The Morgan fingerprint density at radius 2 is 2.18 bits per heavy atom. The van der Waals surface area contributed by atoms with Gasteiger partial charge in [-0.1, -0.05) is 41.9 Å². The molecule has 2 aromatic rings. The lowest BCUT2D eigenvalue weighted by atomic mass is 9.90. The molecule has 2 heterocycles. The van der Waals surface area contributed by atoms with Gasteiger partial charge in [-0.3, -0.25) is 4.79 Å². The van der Waals surface area contributed by atoms with Gasteiger partial charge in [0, 0.05) is 11.3 Å². The summed E-state index contributed by atoms with van der Waals surface area (Å²) < 4.78 is 5.02. The summed E-state index contributed by atoms with van der Waals surface area (Å²) >= 11 is 2.87. The van der Waals surface area contributed by atoms with Crippen LogP contribution in [-0.2, 0) is 11.2 Å². The van der Waals surface area contributed by atoms with Crippen LogP contribution in [0, 0.1) is 0 Å². The molecule has 0 spiro atoms. The number of anilines is 1. The van der Waals surface area contributed by atoms with E-state index in [1.54, 1.807) is 7.11 Å². The summed E-state index contributed by atoms with van der Waals surface area (Å²) in [6.45, 7) is 0. The normalized spacial score (nSPS) is 15.7. The number of amides is 1. The van der Waals surface area contributed by atoms with Gasteiger partial charge in [0.2, 0.25) is 11.0 Å². The van der Waals surface area contributed by atoms with Gasteiger partial charge >= 0.3 is 0 Å². The SMILES string of the molecule is COc1nc(CC(=O)Nc2nnc(C3CCCCC3)s2)cs1. The Morgan fingerprint density at radius 1 is 1.36 bits per heavy atom. The van der Waals surface area contributed by atoms with Crippen LogP contribution in [0.1, 0.15) is 48.7 Å². The molecular formula is C14H18N4O2S2. The Hall–Kier alpha value is -1.54. The number of aromatic nitrogens is 3. The van der Waals surface area contributed by atoms with Gasteiger partial charge in [0.1, 0.15) is 5.01 Å². The minimum absolute atomic E-state index is 0.126. The summed E-state index contributed by atoms with van der Waals surface area (Å²) in [5, 5.41) is 15.1. The van der Waals surface area contributed by atoms with Crippen molar-refractivity contribution in [2.24, 2.45) is 0 Å². The molecule has 1 aliphatic carbocycles. The van der Waals surface area contributed by atoms with Crippen molar-refractivity contribution in [2.75, 3.05) is 12.4 Å². The van der Waals surface area contributed by atoms with E-state index in [2.05, 4.69) is 20.5 Å². The second kappa shape index (κ2) is 7.15. The third-order valence-electron chi connectivity index (χ3n) is 3.69. The highest BCUT2D eigenvalue weighted by atomic mass is 32.1. The summed E-state index contributed by atoms with van der Waals surface area (Å²) in [5.74, 6) is 0.388. The molecule has 0 bridgehead atoms. The lowest BCUT2D eigenvalue weighted by Gasteiger charge is -2.18. The van der Waals surface area contributed by atoms with Crippen molar-refractivity contribution in [3.63, 3.8) is 0 Å². The highest BCUT2D eigenvalue weighted by Crippen LogP contribution is 2.35. The van der Waals surface area contributed by atoms with Crippen LogP contribution in [0.5, 0.6) is 5.19 Å². The first-order valence-corrected chi connectivity index (χ1v) is 9.06. The number of nitrogens with zero attached hydrogens (tertiary/aromatic N) is 3. The first-order valence-electron chi connectivity index (χ1n) is 7.36. The van der Waals surface area contributed by atoms with Crippen molar-refractivity contribution in [1.82, 2.24) is 15.2 Å². The van der Waals surface area contributed by atoms with E-state index in [1.807, 2.05) is 5.38 Å². The van der Waals surface area contributed by atoms with Gasteiger partial charge in [-0.15, -0.1) is 10.2 Å². The van der Waals surface area contributed by atoms with Crippen LogP contribution in [-0.4, -0.2) is 28.2 Å². The molecule has 118 valence electrons. The average Bonchev–Trinajstić information content (AvgIpc) is 3.17. The fourth-order valence-corrected chi connectivity index (χ4v) is 4.16. The summed E-state index contributed by atoms with van der Waals surface area (Å²) in [5.41, 5.74) is 0.705. The van der Waals surface area contributed by atoms with E-state index in [4.69, 9.17) is 4.74 Å². The smallest absolute Gasteiger partial charge is 0.273 e. The minimum Gasteiger partial charge on any atom is -0.473 e. The maximum absolute atomic E-state index is 12.0. The van der Waals surface area contributed by atoms with Gasteiger partial charge in [0.15, 0.2) is 0 Å². The molecule has 22 heavy (non-hydrogen) atoms. The number of rotatable bonds is 5. The molecule has 0 aliphatic heterocycles. The number of ether oxygens (including phenoxy) is 1. The third-order valence-corrected chi connectivity index (χ3v) is 5.54. The summed E-state index contributed by atoms with van der Waals surface area (Å²) in [6.07, 6.45) is 6.42. The Bertz CT molecular complexity index is 634. The van der Waals surface area contributed by atoms with E-state index < -0.39 is 0 Å². The lowest BCUT2D eigenvalue weighted by molar-refractivity contribution is -0.115. The molecule has 1 saturated carbocycles. The standard InChI is InChI=1S/C14H18N4O2S2/c1-20-14-15-10(8-21-14)7-11(19)16-13-18-17-12(22-13)9-5-3-2-4-6-9/h8-9H,2-7H2,1H3,(H,16,18,19). The fraction of sp³-hybridized carbons (Fsp3) is 0.571. The molecule has 0 unspecified atom stereocenters. The third kappa shape index (κ3) is 3.80. The molecule has 0 radical (unpaired) electrons. The number of hydrogen-bond acceptors (Lipinski definition) is 7. The van der Waals surface area contributed by atoms with Gasteiger partial charge in [-0.05, 0) is 12.8 Å². The van der Waals surface area contributed by atoms with Gasteiger partial charge in [-0.25, -0.2) is 4.98 Å². The van der Waals surface area contributed by atoms with Crippen LogP contribution in [0.4, 0.5) is 5.13 Å². The van der Waals surface area contributed by atoms with E-state index in [9.17, 15) is 4.79 Å². The molecule has 6 nitrogen and oxygen atoms in total. The highest BCUT2D eigenvalue weighted by molar-refractivity contribution is 7.15. The molecule has 0 atom stereocenters. The van der Waals surface area contributed by atoms with Crippen molar-refractivity contribution in [2.45, 2.75) is 44.4 Å². The number of carbonyl (C=O) groups is 1. The zero-order valence-corrected chi connectivity index (χ0v) is 14.0. The van der Waals surface area contributed by atoms with Crippen LogP contribution in [0.15, 0.2) is 5.38 Å². The average molecular weight is 338 g/mol. The topological polar surface area (TPSA) is 77.0 Å². The monoisotopic (exact) mass is 338 g/mol. The van der Waals surface area contributed by atoms with Gasteiger partial charge in [-0.2, -0.15) is 0 Å². The van der Waals surface area contributed by atoms with Crippen molar-refractivity contribution >= 4 is 33.7 Å². The van der Waals surface area contributed by atoms with Crippen molar-refractivity contribution in [3.8, 4) is 5.19 Å². The Morgan fingerprint density at radius 3 is 2.91 bits per heavy atom. The van der Waals surface area contributed by atoms with Crippen LogP contribution < -0.4 is 10.1 Å². The van der Waals surface area contributed by atoms with Crippen LogP contribution in [0.2, 0.25) is 0 Å². The molecule has 0 saturated heterocycles. The molecular weight excluding hydrogens is 320 g/mol. The minimum atomic E-state index is -0.126. The number of thiazole rings is 1. The summed E-state index contributed by atoms with van der Waals surface area (Å²) in [7, 11) is 1.57. The van der Waals surface area contributed by atoms with Crippen molar-refractivity contribution in [3.05, 3.63) is 16.1 Å². The molecule has 1 N–H and O–H groups in total. The molecule has 1 fully saturated rings. The van der Waals surface area contributed by atoms with E-state index in [1.165, 1.54) is 54.8 Å². The molecule has 3 rings (SSSR count). The number of hydrogen-bond donors (Lipinski definition) is 1. The highest BCUT2D eigenvalue weighted by Gasteiger charge is 2.20. The van der Waals surface area contributed by atoms with Gasteiger partial charge < -0.3 is 10.1 Å². The van der Waals surface area contributed by atoms with E-state index in [0.717, 1.165) is 5.01 Å². The van der Waals surface area contributed by atoms with Crippen LogP contribution in [0.3, 0.4) is 0 Å².